The summed E-state index contributed by atoms with van der Waals surface area (Å²) in [5, 5.41) is 9.36. The Bertz CT molecular complexity index is 263. The molecule has 0 heterocycles. The maximum atomic E-state index is 9.36. The molecule has 0 aromatic carbocycles. The molecule has 3 heteroatoms. The van der Waals surface area contributed by atoms with E-state index in [0.717, 1.165) is 11.8 Å². The van der Waals surface area contributed by atoms with Gasteiger partial charge in [0.2, 0.25) is 0 Å². The van der Waals surface area contributed by atoms with Crippen LogP contribution < -0.4 is 11.3 Å². The van der Waals surface area contributed by atoms with Crippen LogP contribution in [0.25, 0.3) is 0 Å². The van der Waals surface area contributed by atoms with Gasteiger partial charge in [-0.3, -0.25) is 5.84 Å². The van der Waals surface area contributed by atoms with Gasteiger partial charge in [-0.05, 0) is 55.8 Å². The summed E-state index contributed by atoms with van der Waals surface area (Å²) in [5.41, 5.74) is 2.47. The average Bonchev–Trinajstić information content (AvgIpc) is 2.18. The van der Waals surface area contributed by atoms with Crippen molar-refractivity contribution >= 4 is 0 Å². The smallest absolute Gasteiger partial charge is 0.124 e. The molecule has 14 heavy (non-hydrogen) atoms. The minimum absolute atomic E-state index is 0.382. The zero-order valence-electron chi connectivity index (χ0n) is 8.37. The summed E-state index contributed by atoms with van der Waals surface area (Å²) in [6.45, 7) is 0. The van der Waals surface area contributed by atoms with Gasteiger partial charge in [-0.25, -0.2) is 5.43 Å². The third-order valence-corrected chi connectivity index (χ3v) is 4.85. The maximum Gasteiger partial charge on any atom is 0.124 e. The van der Waals surface area contributed by atoms with Crippen LogP contribution in [0.5, 0.6) is 0 Å². The van der Waals surface area contributed by atoms with Crippen molar-refractivity contribution in [2.45, 2.75) is 37.6 Å². The number of hydrazine groups is 1. The largest absolute Gasteiger partial charge is 0.270 e. The van der Waals surface area contributed by atoms with Crippen LogP contribution in [-0.4, -0.2) is 5.54 Å². The lowest BCUT2D eigenvalue weighted by atomic mass is 9.49. The molecule has 0 aromatic heterocycles. The third kappa shape index (κ3) is 0.884. The second-order valence-corrected chi connectivity index (χ2v) is 5.43. The summed E-state index contributed by atoms with van der Waals surface area (Å²) in [6.07, 6.45) is 6.32. The molecule has 0 saturated heterocycles. The van der Waals surface area contributed by atoms with Gasteiger partial charge < -0.3 is 0 Å². The van der Waals surface area contributed by atoms with Crippen LogP contribution in [0.1, 0.15) is 32.1 Å². The lowest BCUT2D eigenvalue weighted by molar-refractivity contribution is -0.0465. The van der Waals surface area contributed by atoms with Gasteiger partial charge in [0.15, 0.2) is 0 Å². The van der Waals surface area contributed by atoms with Gasteiger partial charge >= 0.3 is 0 Å². The first kappa shape index (κ1) is 8.70. The van der Waals surface area contributed by atoms with E-state index >= 15 is 0 Å². The molecule has 4 aliphatic carbocycles. The van der Waals surface area contributed by atoms with E-state index < -0.39 is 0 Å². The first-order chi connectivity index (χ1) is 6.78. The van der Waals surface area contributed by atoms with E-state index in [1.54, 1.807) is 0 Å². The molecule has 0 aromatic rings. The number of nitrogens with one attached hydrogen (secondary N) is 1. The average molecular weight is 191 g/mol. The predicted molar refractivity (Wildman–Crippen MR) is 52.7 cm³/mol. The standard InChI is InChI=1S/C11H17N3/c12-6-11(14-13)9-2-7-1-8(4-9)5-10(11)3-7/h7-10,14H,1-5,13H2. The summed E-state index contributed by atoms with van der Waals surface area (Å²) in [6, 6.07) is 2.47. The molecular formula is C11H17N3. The van der Waals surface area contributed by atoms with Crippen molar-refractivity contribution in [1.29, 1.82) is 5.26 Å². The van der Waals surface area contributed by atoms with Crippen LogP contribution in [-0.2, 0) is 0 Å². The van der Waals surface area contributed by atoms with E-state index in [-0.39, 0.29) is 5.54 Å². The van der Waals surface area contributed by atoms with Gasteiger partial charge in [-0.2, -0.15) is 5.26 Å². The number of nitrogens with zero attached hydrogens (tertiary/aromatic N) is 1. The van der Waals surface area contributed by atoms with Crippen molar-refractivity contribution in [3.8, 4) is 6.07 Å². The number of nitrogens with two attached hydrogens (primary N) is 1. The molecule has 3 N–H and O–H groups in total. The highest BCUT2D eigenvalue weighted by Crippen LogP contribution is 2.57. The van der Waals surface area contributed by atoms with Gasteiger partial charge in [0.05, 0.1) is 6.07 Å². The van der Waals surface area contributed by atoms with Crippen molar-refractivity contribution < 1.29 is 0 Å². The molecule has 4 rings (SSSR count). The van der Waals surface area contributed by atoms with Crippen molar-refractivity contribution in [1.82, 2.24) is 5.43 Å². The van der Waals surface area contributed by atoms with E-state index in [2.05, 4.69) is 11.5 Å². The number of rotatable bonds is 1. The van der Waals surface area contributed by atoms with Crippen LogP contribution in [0.4, 0.5) is 0 Å². The normalized spacial score (nSPS) is 54.6. The van der Waals surface area contributed by atoms with E-state index in [4.69, 9.17) is 5.84 Å². The fraction of sp³-hybridized carbons (Fsp3) is 0.909. The van der Waals surface area contributed by atoms with Crippen molar-refractivity contribution in [2.75, 3.05) is 0 Å². The molecule has 0 amide bonds. The number of hydrogen-bond donors (Lipinski definition) is 2. The Balaban J connectivity index is 1.98. The first-order valence-corrected chi connectivity index (χ1v) is 5.67. The molecular weight excluding hydrogens is 174 g/mol. The Labute approximate surface area is 84.6 Å². The van der Waals surface area contributed by atoms with Crippen molar-refractivity contribution in [2.24, 2.45) is 29.5 Å². The van der Waals surface area contributed by atoms with Crippen molar-refractivity contribution in [3.63, 3.8) is 0 Å². The van der Waals surface area contributed by atoms with E-state index in [1.165, 1.54) is 32.1 Å². The Kier molecular flexibility index (Phi) is 1.68. The summed E-state index contributed by atoms with van der Waals surface area (Å²) in [5.74, 6) is 8.46. The fourth-order valence-electron chi connectivity index (χ4n) is 4.38. The lowest BCUT2D eigenvalue weighted by Gasteiger charge is -2.57. The summed E-state index contributed by atoms with van der Waals surface area (Å²) < 4.78 is 0. The summed E-state index contributed by atoms with van der Waals surface area (Å²) in [7, 11) is 0. The van der Waals surface area contributed by atoms with E-state index in [0.29, 0.717) is 11.8 Å². The number of hydrogen-bond acceptors (Lipinski definition) is 3. The summed E-state index contributed by atoms with van der Waals surface area (Å²) >= 11 is 0. The molecule has 4 aliphatic rings. The van der Waals surface area contributed by atoms with Gasteiger partial charge in [-0.15, -0.1) is 0 Å². The van der Waals surface area contributed by atoms with Crippen LogP contribution in [0.3, 0.4) is 0 Å². The Morgan fingerprint density at radius 1 is 1.07 bits per heavy atom. The molecule has 4 bridgehead atoms. The molecule has 0 radical (unpaired) electrons. The third-order valence-electron chi connectivity index (χ3n) is 4.85. The zero-order valence-corrected chi connectivity index (χ0v) is 8.37. The molecule has 0 aliphatic heterocycles. The second-order valence-electron chi connectivity index (χ2n) is 5.43. The van der Waals surface area contributed by atoms with Gasteiger partial charge in [0.25, 0.3) is 0 Å². The maximum absolute atomic E-state index is 9.36. The quantitative estimate of drug-likeness (QED) is 0.483. The molecule has 4 fully saturated rings. The van der Waals surface area contributed by atoms with Crippen LogP contribution in [0.15, 0.2) is 0 Å². The monoisotopic (exact) mass is 191 g/mol. The number of nitriles is 1. The molecule has 76 valence electrons. The Hall–Kier alpha value is -0.590. The molecule has 0 unspecified atom stereocenters. The second kappa shape index (κ2) is 2.71. The Morgan fingerprint density at radius 2 is 1.57 bits per heavy atom. The van der Waals surface area contributed by atoms with Crippen molar-refractivity contribution in [3.05, 3.63) is 0 Å². The highest BCUT2D eigenvalue weighted by molar-refractivity contribution is 5.20. The fourth-order valence-corrected chi connectivity index (χ4v) is 4.38. The zero-order chi connectivity index (χ0) is 9.76. The van der Waals surface area contributed by atoms with Crippen LogP contribution in [0.2, 0.25) is 0 Å². The molecule has 4 saturated carbocycles. The minimum atomic E-state index is -0.382. The van der Waals surface area contributed by atoms with Gasteiger partial charge in [0.1, 0.15) is 5.54 Å². The summed E-state index contributed by atoms with van der Waals surface area (Å²) in [4.78, 5) is 0. The molecule has 0 atom stereocenters. The molecule has 0 spiro atoms. The van der Waals surface area contributed by atoms with E-state index in [9.17, 15) is 5.26 Å². The van der Waals surface area contributed by atoms with Crippen LogP contribution >= 0.6 is 0 Å². The Morgan fingerprint density at radius 3 is 1.93 bits per heavy atom. The topological polar surface area (TPSA) is 61.8 Å². The van der Waals surface area contributed by atoms with Gasteiger partial charge in [-0.1, -0.05) is 0 Å². The van der Waals surface area contributed by atoms with Crippen LogP contribution in [0, 0.1) is 35.0 Å². The highest BCUT2D eigenvalue weighted by Gasteiger charge is 2.57. The lowest BCUT2D eigenvalue weighted by Crippen LogP contribution is -2.66. The SMILES string of the molecule is N#CC1(NN)C2CC3CC(C2)CC1C3. The highest BCUT2D eigenvalue weighted by atomic mass is 15.3. The molecule has 3 nitrogen and oxygen atoms in total. The van der Waals surface area contributed by atoms with E-state index in [1.807, 2.05) is 0 Å². The first-order valence-electron chi connectivity index (χ1n) is 5.67. The van der Waals surface area contributed by atoms with Gasteiger partial charge in [0, 0.05) is 0 Å². The minimum Gasteiger partial charge on any atom is -0.270 e. The predicted octanol–water partition coefficient (Wildman–Crippen LogP) is 1.17.